The van der Waals surface area contributed by atoms with Crippen molar-refractivity contribution < 1.29 is 27.8 Å². The predicted molar refractivity (Wildman–Crippen MR) is 122 cm³/mol. The Morgan fingerprint density at radius 1 is 1.12 bits per heavy atom. The highest BCUT2D eigenvalue weighted by atomic mass is 32.2. The molecule has 3 fully saturated rings. The molecule has 184 valence electrons. The van der Waals surface area contributed by atoms with Gasteiger partial charge in [-0.05, 0) is 50.9 Å². The number of sulfonamides is 1. The third-order valence-corrected chi connectivity index (χ3v) is 8.55. The molecule has 3 aliphatic rings. The molecule has 1 amide bonds. The number of ether oxygens (including phenoxy) is 2. The zero-order valence-electron chi connectivity index (χ0n) is 19.0. The summed E-state index contributed by atoms with van der Waals surface area (Å²) in [6.07, 6.45) is 2.11. The minimum atomic E-state index is -3.81. The van der Waals surface area contributed by atoms with E-state index < -0.39 is 28.3 Å². The van der Waals surface area contributed by atoms with Crippen LogP contribution in [-0.4, -0.2) is 98.9 Å². The number of aliphatic hydroxyl groups excluding tert-OH is 1. The third kappa shape index (κ3) is 6.32. The highest BCUT2D eigenvalue weighted by molar-refractivity contribution is 7.89. The number of β-amino-alcohol motifs (C(OH)–C–C–N with tert-alkyl or cyclic N) is 1. The summed E-state index contributed by atoms with van der Waals surface area (Å²) in [5.41, 5.74) is 0. The molecule has 33 heavy (non-hydrogen) atoms. The van der Waals surface area contributed by atoms with Crippen LogP contribution in [0, 0.1) is 0 Å². The number of benzene rings is 1. The highest BCUT2D eigenvalue weighted by Gasteiger charge is 2.43. The molecule has 3 saturated heterocycles. The summed E-state index contributed by atoms with van der Waals surface area (Å²) in [6.45, 7) is 3.85. The van der Waals surface area contributed by atoms with Crippen molar-refractivity contribution >= 4 is 15.9 Å². The van der Waals surface area contributed by atoms with Crippen molar-refractivity contribution in [1.29, 1.82) is 0 Å². The molecule has 10 heteroatoms. The first-order chi connectivity index (χ1) is 15.9. The lowest BCUT2D eigenvalue weighted by Crippen LogP contribution is -2.57. The van der Waals surface area contributed by atoms with Crippen LogP contribution in [0.3, 0.4) is 0 Å². The molecular formula is C23H35N3O6S. The Hall–Kier alpha value is -1.56. The van der Waals surface area contributed by atoms with E-state index in [-0.39, 0.29) is 43.1 Å². The van der Waals surface area contributed by atoms with Gasteiger partial charge in [0.15, 0.2) is 0 Å². The van der Waals surface area contributed by atoms with Crippen molar-refractivity contribution in [3.63, 3.8) is 0 Å². The summed E-state index contributed by atoms with van der Waals surface area (Å²) in [5.74, 6) is -0.0476. The maximum absolute atomic E-state index is 13.4. The highest BCUT2D eigenvalue weighted by Crippen LogP contribution is 2.31. The number of nitrogens with one attached hydrogen (secondary N) is 1. The molecule has 1 aromatic carbocycles. The van der Waals surface area contributed by atoms with E-state index in [2.05, 4.69) is 10.2 Å². The monoisotopic (exact) mass is 481 g/mol. The summed E-state index contributed by atoms with van der Waals surface area (Å²) < 4.78 is 39.9. The Labute approximate surface area is 196 Å². The SMILES string of the molecule is O=C(C[C@@H]1CC[C@@H]2[C@H](COC[C@H](O)CN2S(=O)(=O)c2ccccc2)O1)NCCN1CCCC1. The fourth-order valence-corrected chi connectivity index (χ4v) is 6.68. The van der Waals surface area contributed by atoms with Gasteiger partial charge in [-0.1, -0.05) is 18.2 Å². The van der Waals surface area contributed by atoms with E-state index in [1.165, 1.54) is 17.1 Å². The molecule has 0 spiro atoms. The van der Waals surface area contributed by atoms with Gasteiger partial charge in [0.1, 0.15) is 0 Å². The molecule has 0 radical (unpaired) electrons. The summed E-state index contributed by atoms with van der Waals surface area (Å²) in [5, 5.41) is 13.3. The molecule has 4 atom stereocenters. The van der Waals surface area contributed by atoms with Gasteiger partial charge in [-0.15, -0.1) is 0 Å². The maximum atomic E-state index is 13.4. The van der Waals surface area contributed by atoms with Crippen LogP contribution >= 0.6 is 0 Å². The summed E-state index contributed by atoms with van der Waals surface area (Å²) in [6, 6.07) is 7.80. The van der Waals surface area contributed by atoms with Crippen LogP contribution in [-0.2, 0) is 24.3 Å². The van der Waals surface area contributed by atoms with Crippen molar-refractivity contribution in [2.24, 2.45) is 0 Å². The molecular weight excluding hydrogens is 446 g/mol. The van der Waals surface area contributed by atoms with Crippen molar-refractivity contribution in [2.45, 2.75) is 61.4 Å². The smallest absolute Gasteiger partial charge is 0.243 e. The van der Waals surface area contributed by atoms with Crippen molar-refractivity contribution in [1.82, 2.24) is 14.5 Å². The molecule has 3 heterocycles. The van der Waals surface area contributed by atoms with Gasteiger partial charge in [-0.3, -0.25) is 4.79 Å². The molecule has 0 bridgehead atoms. The Morgan fingerprint density at radius 3 is 2.64 bits per heavy atom. The lowest BCUT2D eigenvalue weighted by molar-refractivity contribution is -0.146. The van der Waals surface area contributed by atoms with Gasteiger partial charge in [0.25, 0.3) is 0 Å². The molecule has 1 aromatic rings. The Kier molecular flexibility index (Phi) is 8.37. The number of amides is 1. The molecule has 3 aliphatic heterocycles. The fraction of sp³-hybridized carbons (Fsp3) is 0.696. The number of fused-ring (bicyclic) bond motifs is 1. The molecule has 4 rings (SSSR count). The second-order valence-corrected chi connectivity index (χ2v) is 11.0. The van der Waals surface area contributed by atoms with Gasteiger partial charge in [-0.2, -0.15) is 4.31 Å². The number of carbonyl (C=O) groups excluding carboxylic acids is 1. The minimum Gasteiger partial charge on any atom is -0.389 e. The van der Waals surface area contributed by atoms with E-state index in [1.807, 2.05) is 0 Å². The lowest BCUT2D eigenvalue weighted by atomic mass is 9.96. The summed E-state index contributed by atoms with van der Waals surface area (Å²) in [7, 11) is -3.81. The van der Waals surface area contributed by atoms with E-state index in [4.69, 9.17) is 9.47 Å². The second kappa shape index (κ2) is 11.2. The topological polar surface area (TPSA) is 108 Å². The van der Waals surface area contributed by atoms with Gasteiger partial charge in [-0.25, -0.2) is 8.42 Å². The first kappa shape index (κ1) is 24.6. The fourth-order valence-electron chi connectivity index (χ4n) is 4.94. The van der Waals surface area contributed by atoms with Gasteiger partial charge >= 0.3 is 0 Å². The number of carbonyl (C=O) groups is 1. The van der Waals surface area contributed by atoms with Crippen LogP contribution in [0.1, 0.15) is 32.1 Å². The molecule has 0 unspecified atom stereocenters. The third-order valence-electron chi connectivity index (χ3n) is 6.65. The molecule has 2 N–H and O–H groups in total. The van der Waals surface area contributed by atoms with Crippen LogP contribution in [0.4, 0.5) is 0 Å². The molecule has 0 aliphatic carbocycles. The van der Waals surface area contributed by atoms with Crippen LogP contribution < -0.4 is 5.32 Å². The van der Waals surface area contributed by atoms with Gasteiger partial charge in [0.2, 0.25) is 15.9 Å². The first-order valence-corrected chi connectivity index (χ1v) is 13.3. The van der Waals surface area contributed by atoms with Crippen LogP contribution in [0.15, 0.2) is 35.2 Å². The van der Waals surface area contributed by atoms with E-state index in [0.717, 1.165) is 19.6 Å². The number of nitrogens with zero attached hydrogens (tertiary/aromatic N) is 2. The van der Waals surface area contributed by atoms with Gasteiger partial charge in [0.05, 0.1) is 48.9 Å². The first-order valence-electron chi connectivity index (χ1n) is 11.9. The van der Waals surface area contributed by atoms with Crippen LogP contribution in [0.5, 0.6) is 0 Å². The number of aliphatic hydroxyl groups is 1. The van der Waals surface area contributed by atoms with E-state index in [0.29, 0.717) is 19.4 Å². The van der Waals surface area contributed by atoms with E-state index >= 15 is 0 Å². The average Bonchev–Trinajstić information content (AvgIpc) is 3.31. The number of hydrogen-bond donors (Lipinski definition) is 2. The Morgan fingerprint density at radius 2 is 1.88 bits per heavy atom. The molecule has 9 nitrogen and oxygen atoms in total. The zero-order chi connectivity index (χ0) is 23.3. The lowest BCUT2D eigenvalue weighted by Gasteiger charge is -2.43. The number of rotatable bonds is 7. The van der Waals surface area contributed by atoms with Crippen molar-refractivity contribution in [3.05, 3.63) is 30.3 Å². The summed E-state index contributed by atoms with van der Waals surface area (Å²) >= 11 is 0. The second-order valence-electron chi connectivity index (χ2n) is 9.12. The quantitative estimate of drug-likeness (QED) is 0.587. The summed E-state index contributed by atoms with van der Waals surface area (Å²) in [4.78, 5) is 15.0. The van der Waals surface area contributed by atoms with E-state index in [1.54, 1.807) is 30.3 Å². The Bertz CT molecular complexity index is 877. The van der Waals surface area contributed by atoms with Crippen LogP contribution in [0.25, 0.3) is 0 Å². The average molecular weight is 482 g/mol. The largest absolute Gasteiger partial charge is 0.389 e. The van der Waals surface area contributed by atoms with Crippen molar-refractivity contribution in [2.75, 3.05) is 45.9 Å². The standard InChI is InChI=1S/C23H35N3O6S/c27-18-15-26(33(29,30)20-6-2-1-3-7-20)21-9-8-19(32-22(21)17-31-16-18)14-23(28)24-10-13-25-11-4-5-12-25/h1-3,6-7,18-19,21-22,27H,4-5,8-17H2,(H,24,28)/t18-,19+,21-,22+/m1/s1. The van der Waals surface area contributed by atoms with Gasteiger partial charge < -0.3 is 24.8 Å². The Balaban J connectivity index is 1.37. The maximum Gasteiger partial charge on any atom is 0.243 e. The molecule has 0 saturated carbocycles. The minimum absolute atomic E-state index is 0.0367. The normalized spacial score (nSPS) is 29.7. The predicted octanol–water partition coefficient (Wildman–Crippen LogP) is 0.587. The molecule has 0 aromatic heterocycles. The van der Waals surface area contributed by atoms with Gasteiger partial charge in [0, 0.05) is 19.6 Å². The van der Waals surface area contributed by atoms with Crippen LogP contribution in [0.2, 0.25) is 0 Å². The van der Waals surface area contributed by atoms with E-state index in [9.17, 15) is 18.3 Å². The zero-order valence-corrected chi connectivity index (χ0v) is 19.8. The number of likely N-dealkylation sites (tertiary alicyclic amines) is 1. The van der Waals surface area contributed by atoms with Crippen molar-refractivity contribution in [3.8, 4) is 0 Å². The number of hydrogen-bond acceptors (Lipinski definition) is 7.